The molecule has 2 amide bonds. The topological polar surface area (TPSA) is 76.7 Å². The highest BCUT2D eigenvalue weighted by Gasteiger charge is 2.32. The predicted octanol–water partition coefficient (Wildman–Crippen LogP) is 7.58. The average Bonchev–Trinajstić information content (AvgIpc) is 2.91. The number of hydrogen-bond acceptors (Lipinski definition) is 4. The van der Waals surface area contributed by atoms with Crippen molar-refractivity contribution < 1.29 is 28.0 Å². The zero-order valence-electron chi connectivity index (χ0n) is 30.0. The minimum atomic E-state index is -0.483. The number of nitrogens with one attached hydrogen (secondary N) is 2. The van der Waals surface area contributed by atoms with E-state index in [0.717, 1.165) is 103 Å². The number of allylic oxidation sites excluding steroid dienone is 3. The standard InChI is InChI=1S/C37H62N4O4/c1-11-12-13-18-30-26-33(44-36(42)38-21-14-16-23-40(5,6)7)35(32-25-29(4)19-20-31(32)28(2)3)34(27-30)45-37(43)39-22-15-17-24-41(8,9)10/h25-27,31-32H,2,11-24H2,1,3-10H3/p+2/t31-,32+/m0/s1. The van der Waals surface area contributed by atoms with Gasteiger partial charge in [-0.2, -0.15) is 0 Å². The Labute approximate surface area is 274 Å². The zero-order valence-corrected chi connectivity index (χ0v) is 30.0. The van der Waals surface area contributed by atoms with Gasteiger partial charge in [0.1, 0.15) is 11.5 Å². The molecule has 1 aromatic carbocycles. The van der Waals surface area contributed by atoms with Crippen molar-refractivity contribution in [3.63, 3.8) is 0 Å². The van der Waals surface area contributed by atoms with Gasteiger partial charge in [0.15, 0.2) is 0 Å². The summed E-state index contributed by atoms with van der Waals surface area (Å²) < 4.78 is 14.0. The number of quaternary nitrogens is 2. The van der Waals surface area contributed by atoms with Crippen LogP contribution < -0.4 is 20.1 Å². The number of hydrogen-bond donors (Lipinski definition) is 2. The SMILES string of the molecule is C=C(C)[C@@H]1CCC(C)=C[C@H]1c1c(OC(=O)NCCCC[N+](C)(C)C)cc(CCCCC)cc1OC(=O)NCCCC[N+](C)(C)C. The molecule has 0 saturated carbocycles. The van der Waals surface area contributed by atoms with Gasteiger partial charge in [0.25, 0.3) is 0 Å². The summed E-state index contributed by atoms with van der Waals surface area (Å²) in [5, 5.41) is 5.90. The molecule has 1 aliphatic carbocycles. The van der Waals surface area contributed by atoms with Crippen LogP contribution in [0.15, 0.2) is 35.9 Å². The van der Waals surface area contributed by atoms with Crippen molar-refractivity contribution in [3.8, 4) is 11.5 Å². The summed E-state index contributed by atoms with van der Waals surface area (Å²) in [5.74, 6) is 0.934. The molecule has 0 unspecified atom stereocenters. The fraction of sp³-hybridized carbons (Fsp3) is 0.676. The van der Waals surface area contributed by atoms with E-state index in [1.54, 1.807) is 0 Å². The second-order valence-electron chi connectivity index (χ2n) is 15.1. The summed E-state index contributed by atoms with van der Waals surface area (Å²) in [6, 6.07) is 3.95. The van der Waals surface area contributed by atoms with Gasteiger partial charge in [-0.15, -0.1) is 0 Å². The van der Waals surface area contributed by atoms with Gasteiger partial charge in [0.2, 0.25) is 0 Å². The van der Waals surface area contributed by atoms with Gasteiger partial charge >= 0.3 is 12.2 Å². The molecule has 1 aliphatic rings. The van der Waals surface area contributed by atoms with Crippen LogP contribution in [0.3, 0.4) is 0 Å². The summed E-state index contributed by atoms with van der Waals surface area (Å²) in [6.07, 6.45) is 11.0. The lowest BCUT2D eigenvalue weighted by Crippen LogP contribution is -2.36. The summed E-state index contributed by atoms with van der Waals surface area (Å²) >= 11 is 0. The van der Waals surface area contributed by atoms with E-state index in [9.17, 15) is 9.59 Å². The first-order valence-electron chi connectivity index (χ1n) is 17.1. The number of benzene rings is 1. The van der Waals surface area contributed by atoms with Crippen molar-refractivity contribution >= 4 is 12.2 Å². The largest absolute Gasteiger partial charge is 0.412 e. The van der Waals surface area contributed by atoms with E-state index in [4.69, 9.17) is 9.47 Å². The summed E-state index contributed by atoms with van der Waals surface area (Å²) in [7, 11) is 13.0. The Kier molecular flexibility index (Phi) is 15.6. The highest BCUT2D eigenvalue weighted by Crippen LogP contribution is 2.47. The Morgan fingerprint density at radius 2 is 1.36 bits per heavy atom. The van der Waals surface area contributed by atoms with Crippen molar-refractivity contribution in [1.82, 2.24) is 10.6 Å². The highest BCUT2D eigenvalue weighted by molar-refractivity contribution is 5.74. The van der Waals surface area contributed by atoms with E-state index < -0.39 is 12.2 Å². The summed E-state index contributed by atoms with van der Waals surface area (Å²) in [6.45, 7) is 13.8. The van der Waals surface area contributed by atoms with Crippen LogP contribution in [0.25, 0.3) is 0 Å². The molecular weight excluding hydrogens is 564 g/mol. The van der Waals surface area contributed by atoms with Crippen molar-refractivity contribution in [2.24, 2.45) is 5.92 Å². The van der Waals surface area contributed by atoms with Crippen molar-refractivity contribution in [3.05, 3.63) is 47.1 Å². The first-order chi connectivity index (χ1) is 21.1. The molecule has 0 spiro atoms. The Balaban J connectivity index is 2.40. The van der Waals surface area contributed by atoms with E-state index in [0.29, 0.717) is 24.6 Å². The molecule has 0 bridgehead atoms. The minimum Gasteiger partial charge on any atom is -0.410 e. The fourth-order valence-electron chi connectivity index (χ4n) is 5.86. The lowest BCUT2D eigenvalue weighted by Gasteiger charge is -2.32. The molecule has 0 heterocycles. The van der Waals surface area contributed by atoms with Gasteiger partial charge in [-0.25, -0.2) is 9.59 Å². The summed E-state index contributed by atoms with van der Waals surface area (Å²) in [4.78, 5) is 26.3. The lowest BCUT2D eigenvalue weighted by molar-refractivity contribution is -0.870. The predicted molar refractivity (Wildman–Crippen MR) is 186 cm³/mol. The van der Waals surface area contributed by atoms with Gasteiger partial charge in [-0.05, 0) is 88.8 Å². The van der Waals surface area contributed by atoms with Crippen LogP contribution in [-0.4, -0.2) is 89.6 Å². The Morgan fingerprint density at radius 3 is 1.80 bits per heavy atom. The van der Waals surface area contributed by atoms with E-state index in [-0.39, 0.29) is 11.8 Å². The molecule has 2 rings (SSSR count). The second-order valence-corrected chi connectivity index (χ2v) is 15.1. The van der Waals surface area contributed by atoms with Crippen LogP contribution in [0.5, 0.6) is 11.5 Å². The van der Waals surface area contributed by atoms with Crippen LogP contribution in [-0.2, 0) is 6.42 Å². The molecule has 45 heavy (non-hydrogen) atoms. The molecular formula is C37H64N4O4+2. The molecule has 2 N–H and O–H groups in total. The number of carbonyl (C=O) groups is 2. The average molecular weight is 629 g/mol. The molecule has 0 fully saturated rings. The maximum atomic E-state index is 13.2. The zero-order chi connectivity index (χ0) is 33.6. The molecule has 1 aromatic rings. The van der Waals surface area contributed by atoms with Gasteiger partial charge in [0.05, 0.1) is 55.4 Å². The number of amides is 2. The monoisotopic (exact) mass is 628 g/mol. The first kappa shape index (κ1) is 38.3. The smallest absolute Gasteiger partial charge is 0.410 e. The van der Waals surface area contributed by atoms with Gasteiger partial charge in [-0.3, -0.25) is 0 Å². The maximum absolute atomic E-state index is 13.2. The third-order valence-electron chi connectivity index (χ3n) is 8.40. The molecule has 0 radical (unpaired) electrons. The molecule has 0 aliphatic heterocycles. The molecule has 254 valence electrons. The highest BCUT2D eigenvalue weighted by atomic mass is 16.6. The quantitative estimate of drug-likeness (QED) is 0.0998. The maximum Gasteiger partial charge on any atom is 0.412 e. The van der Waals surface area contributed by atoms with E-state index in [1.807, 2.05) is 12.1 Å². The normalized spacial score (nSPS) is 17.0. The van der Waals surface area contributed by atoms with Gasteiger partial charge in [-0.1, -0.05) is 43.6 Å². The molecule has 2 atom stereocenters. The van der Waals surface area contributed by atoms with Crippen LogP contribution >= 0.6 is 0 Å². The molecule has 8 nitrogen and oxygen atoms in total. The van der Waals surface area contributed by atoms with Crippen LogP contribution in [0.4, 0.5) is 9.59 Å². The lowest BCUT2D eigenvalue weighted by atomic mass is 9.73. The Bertz CT molecular complexity index is 1090. The minimum absolute atomic E-state index is 0.124. The third kappa shape index (κ3) is 14.9. The van der Waals surface area contributed by atoms with Crippen molar-refractivity contribution in [2.75, 3.05) is 68.5 Å². The van der Waals surface area contributed by atoms with Crippen LogP contribution in [0.1, 0.15) is 95.6 Å². The Hall–Kier alpha value is -2.84. The van der Waals surface area contributed by atoms with E-state index >= 15 is 0 Å². The first-order valence-corrected chi connectivity index (χ1v) is 17.1. The fourth-order valence-corrected chi connectivity index (χ4v) is 5.86. The van der Waals surface area contributed by atoms with Crippen molar-refractivity contribution in [1.29, 1.82) is 0 Å². The number of unbranched alkanes of at least 4 members (excludes halogenated alkanes) is 4. The van der Waals surface area contributed by atoms with Gasteiger partial charge < -0.3 is 29.1 Å². The molecule has 0 saturated heterocycles. The summed E-state index contributed by atoms with van der Waals surface area (Å²) in [5.41, 5.74) is 4.06. The van der Waals surface area contributed by atoms with E-state index in [1.165, 1.54) is 5.57 Å². The van der Waals surface area contributed by atoms with Crippen molar-refractivity contribution in [2.45, 2.75) is 90.9 Å². The van der Waals surface area contributed by atoms with Crippen LogP contribution in [0, 0.1) is 5.92 Å². The number of aryl methyl sites for hydroxylation is 1. The Morgan fingerprint density at radius 1 is 0.844 bits per heavy atom. The number of ether oxygens (including phenoxy) is 2. The molecule has 0 aromatic heterocycles. The number of nitrogens with zero attached hydrogens (tertiary/aromatic N) is 2. The third-order valence-corrected chi connectivity index (χ3v) is 8.40. The second kappa shape index (κ2) is 18.3. The van der Waals surface area contributed by atoms with Gasteiger partial charge in [0, 0.05) is 24.6 Å². The number of rotatable bonds is 18. The van der Waals surface area contributed by atoms with E-state index in [2.05, 4.69) is 86.3 Å². The number of carbonyl (C=O) groups excluding carboxylic acids is 2. The molecule has 8 heteroatoms. The van der Waals surface area contributed by atoms with Crippen LogP contribution in [0.2, 0.25) is 0 Å².